The molecule has 0 radical (unpaired) electrons. The molecule has 0 N–H and O–H groups in total. The molecule has 88 heavy (non-hydrogen) atoms. The van der Waals surface area contributed by atoms with Crippen LogP contribution in [0.3, 0.4) is 0 Å². The third kappa shape index (κ3) is 8.04. The molecule has 4 nitrogen and oxygen atoms in total. The van der Waals surface area contributed by atoms with Crippen LogP contribution < -0.4 is 19.6 Å². The highest BCUT2D eigenvalue weighted by atomic mass is 15.2. The van der Waals surface area contributed by atoms with Crippen LogP contribution in [0.4, 0.5) is 68.2 Å². The zero-order valence-corrected chi connectivity index (χ0v) is 51.3. The van der Waals surface area contributed by atoms with E-state index in [2.05, 4.69) is 354 Å². The number of anilines is 12. The molecule has 0 saturated carbocycles. The summed E-state index contributed by atoms with van der Waals surface area (Å²) in [6.07, 6.45) is 0. The normalized spacial score (nSPS) is 15.4. The first-order valence-corrected chi connectivity index (χ1v) is 31.2. The summed E-state index contributed by atoms with van der Waals surface area (Å²) in [5.41, 5.74) is 31.1. The molecular formula is C84H70N4. The molecule has 4 aliphatic rings. The summed E-state index contributed by atoms with van der Waals surface area (Å²) >= 11 is 0. The number of nitrogens with zero attached hydrogens (tertiary/aromatic N) is 4. The van der Waals surface area contributed by atoms with Gasteiger partial charge in [0.15, 0.2) is 0 Å². The molecule has 0 unspecified atom stereocenters. The first kappa shape index (κ1) is 53.3. The van der Waals surface area contributed by atoms with E-state index >= 15 is 0 Å². The molecule has 0 spiro atoms. The van der Waals surface area contributed by atoms with E-state index < -0.39 is 0 Å². The summed E-state index contributed by atoms with van der Waals surface area (Å²) in [5, 5.41) is 0. The van der Waals surface area contributed by atoms with Gasteiger partial charge in [0.05, 0.1) is 22.7 Å². The number of fused-ring (bicyclic) bond motifs is 10. The minimum Gasteiger partial charge on any atom is -0.310 e. The topological polar surface area (TPSA) is 13.0 Å². The summed E-state index contributed by atoms with van der Waals surface area (Å²) in [7, 11) is 0. The molecule has 0 aromatic heterocycles. The molecule has 0 fully saturated rings. The number of benzene rings is 12. The average molecular weight is 1140 g/mol. The maximum atomic E-state index is 2.47. The van der Waals surface area contributed by atoms with Gasteiger partial charge >= 0.3 is 0 Å². The second-order valence-electron chi connectivity index (χ2n) is 26.6. The van der Waals surface area contributed by atoms with Gasteiger partial charge in [-0.2, -0.15) is 0 Å². The van der Waals surface area contributed by atoms with Gasteiger partial charge in [0, 0.05) is 67.2 Å². The van der Waals surface area contributed by atoms with Gasteiger partial charge in [-0.05, 0) is 199 Å². The van der Waals surface area contributed by atoms with Crippen molar-refractivity contribution in [2.24, 2.45) is 0 Å². The molecule has 16 rings (SSSR count). The van der Waals surface area contributed by atoms with Crippen LogP contribution in [-0.2, 0) is 21.7 Å². The van der Waals surface area contributed by atoms with Gasteiger partial charge in [0.1, 0.15) is 0 Å². The molecule has 2 heterocycles. The second-order valence-corrected chi connectivity index (χ2v) is 26.6. The van der Waals surface area contributed by atoms with Crippen LogP contribution in [-0.4, -0.2) is 0 Å². The third-order valence-corrected chi connectivity index (χ3v) is 20.2. The van der Waals surface area contributed by atoms with Crippen molar-refractivity contribution >= 4 is 68.2 Å². The Labute approximate surface area is 518 Å². The van der Waals surface area contributed by atoms with Gasteiger partial charge in [-0.25, -0.2) is 0 Å². The van der Waals surface area contributed by atoms with E-state index in [9.17, 15) is 0 Å². The summed E-state index contributed by atoms with van der Waals surface area (Å²) in [5.74, 6) is 0. The Morgan fingerprint density at radius 2 is 0.489 bits per heavy atom. The van der Waals surface area contributed by atoms with E-state index in [-0.39, 0.29) is 21.7 Å². The Balaban J connectivity index is 0.803. The minimum atomic E-state index is -0.276. The van der Waals surface area contributed by atoms with Gasteiger partial charge in [0.2, 0.25) is 0 Å². The zero-order valence-electron chi connectivity index (χ0n) is 51.3. The Bertz CT molecular complexity index is 4440. The first-order chi connectivity index (χ1) is 42.7. The van der Waals surface area contributed by atoms with Crippen LogP contribution in [0.15, 0.2) is 279 Å². The standard InChI is InChI=1S/C84H70N4/c1-81(2)69-29-17-15-27-65(69)67-47-43-61(51-73(67)81)85(63-45-49-79-75(53-63)83(5,6)71-31-19-21-33-77(71)87(79)57-23-11-9-12-24-57)59-39-35-55(36-40-59)56-37-41-60(42-38-56)86(62-44-48-68-66-28-16-18-30-70(66)82(3,4)74(68)52-62)64-46-50-80-76(54-64)84(7,8)72-32-20-22-34-78(72)88(80)58-25-13-10-14-26-58/h9-54H,1-8H3. The fourth-order valence-corrected chi connectivity index (χ4v) is 15.5. The van der Waals surface area contributed by atoms with Crippen LogP contribution >= 0.6 is 0 Å². The fourth-order valence-electron chi connectivity index (χ4n) is 15.5. The summed E-state index contributed by atoms with van der Waals surface area (Å²) in [6.45, 7) is 19.0. The van der Waals surface area contributed by atoms with Crippen molar-refractivity contribution in [2.45, 2.75) is 77.0 Å². The van der Waals surface area contributed by atoms with Gasteiger partial charge in [-0.3, -0.25) is 0 Å². The Hall–Kier alpha value is -10.2. The lowest BCUT2D eigenvalue weighted by atomic mass is 9.73. The summed E-state index contributed by atoms with van der Waals surface area (Å²) < 4.78 is 0. The monoisotopic (exact) mass is 1130 g/mol. The van der Waals surface area contributed by atoms with Crippen molar-refractivity contribution < 1.29 is 0 Å². The van der Waals surface area contributed by atoms with Crippen molar-refractivity contribution in [3.8, 4) is 33.4 Å². The highest BCUT2D eigenvalue weighted by Gasteiger charge is 2.41. The Morgan fingerprint density at radius 1 is 0.216 bits per heavy atom. The van der Waals surface area contributed by atoms with Crippen LogP contribution in [0, 0.1) is 0 Å². The van der Waals surface area contributed by atoms with E-state index in [1.54, 1.807) is 0 Å². The van der Waals surface area contributed by atoms with Gasteiger partial charge in [-0.1, -0.05) is 213 Å². The maximum Gasteiger partial charge on any atom is 0.0504 e. The smallest absolute Gasteiger partial charge is 0.0504 e. The highest BCUT2D eigenvalue weighted by Crippen LogP contribution is 2.58. The van der Waals surface area contributed by atoms with Crippen molar-refractivity contribution in [3.05, 3.63) is 324 Å². The molecule has 0 amide bonds. The molecule has 0 saturated heterocycles. The van der Waals surface area contributed by atoms with Crippen LogP contribution in [0.5, 0.6) is 0 Å². The third-order valence-electron chi connectivity index (χ3n) is 20.2. The lowest BCUT2D eigenvalue weighted by Gasteiger charge is -2.42. The SMILES string of the molecule is CC1(C)c2ccccc2-c2ccc(N(c3ccc(-c4ccc(N(c5ccc6c(c5)C(C)(C)c5ccccc5-6)c5ccc6c(c5)C(C)(C)c5ccccc5N6c5ccccc5)cc4)cc3)c3ccc4c(c3)C(C)(C)c3ccccc3N4c3ccccc3)cc21. The van der Waals surface area contributed by atoms with Crippen LogP contribution in [0.25, 0.3) is 33.4 Å². The van der Waals surface area contributed by atoms with Gasteiger partial charge in [0.25, 0.3) is 0 Å². The molecule has 12 aromatic rings. The van der Waals surface area contributed by atoms with Crippen molar-refractivity contribution in [1.82, 2.24) is 0 Å². The molecule has 2 aliphatic carbocycles. The fraction of sp³-hybridized carbons (Fsp3) is 0.143. The number of rotatable bonds is 9. The molecular weight excluding hydrogens is 1060 g/mol. The number of para-hydroxylation sites is 4. The predicted octanol–water partition coefficient (Wildman–Crippen LogP) is 23.1. The number of hydrogen-bond acceptors (Lipinski definition) is 4. The summed E-state index contributed by atoms with van der Waals surface area (Å²) in [4.78, 5) is 9.83. The number of hydrogen-bond donors (Lipinski definition) is 0. The first-order valence-electron chi connectivity index (χ1n) is 31.2. The zero-order chi connectivity index (χ0) is 59.8. The van der Waals surface area contributed by atoms with E-state index in [4.69, 9.17) is 0 Å². The Kier molecular flexibility index (Phi) is 11.9. The molecule has 426 valence electrons. The molecule has 12 aromatic carbocycles. The van der Waals surface area contributed by atoms with Gasteiger partial charge in [-0.15, -0.1) is 0 Å². The minimum absolute atomic E-state index is 0.160. The van der Waals surface area contributed by atoms with Crippen LogP contribution in [0.2, 0.25) is 0 Å². The van der Waals surface area contributed by atoms with Crippen molar-refractivity contribution in [1.29, 1.82) is 0 Å². The van der Waals surface area contributed by atoms with Crippen molar-refractivity contribution in [3.63, 3.8) is 0 Å². The molecule has 0 atom stereocenters. The maximum absolute atomic E-state index is 2.47. The average Bonchev–Trinajstić information content (AvgIpc) is 0.927. The second kappa shape index (κ2) is 19.7. The van der Waals surface area contributed by atoms with E-state index in [0.717, 1.165) is 56.6 Å². The lowest BCUT2D eigenvalue weighted by Crippen LogP contribution is -2.31. The largest absolute Gasteiger partial charge is 0.310 e. The lowest BCUT2D eigenvalue weighted by molar-refractivity contribution is 0.632. The predicted molar refractivity (Wildman–Crippen MR) is 370 cm³/mol. The summed E-state index contributed by atoms with van der Waals surface area (Å²) in [6, 6.07) is 104. The van der Waals surface area contributed by atoms with E-state index in [1.165, 1.54) is 89.5 Å². The Morgan fingerprint density at radius 3 is 0.875 bits per heavy atom. The van der Waals surface area contributed by atoms with Crippen molar-refractivity contribution in [2.75, 3.05) is 19.6 Å². The van der Waals surface area contributed by atoms with Crippen LogP contribution in [0.1, 0.15) is 99.9 Å². The van der Waals surface area contributed by atoms with E-state index in [0.29, 0.717) is 0 Å². The quantitative estimate of drug-likeness (QED) is 0.143. The van der Waals surface area contributed by atoms with Gasteiger partial charge < -0.3 is 19.6 Å². The molecule has 2 aliphatic heterocycles. The molecule has 0 bridgehead atoms. The molecule has 4 heteroatoms. The highest BCUT2D eigenvalue weighted by molar-refractivity contribution is 5.93. The van der Waals surface area contributed by atoms with E-state index in [1.807, 2.05) is 0 Å².